The normalized spacial score (nSPS) is 12.3. The Kier molecular flexibility index (Phi) is 9.88. The number of aromatic nitrogens is 1. The fraction of sp³-hybridized carbons (Fsp3) is 0.722. The third-order valence-corrected chi connectivity index (χ3v) is 3.89. The van der Waals surface area contributed by atoms with Crippen LogP contribution in [-0.2, 0) is 6.42 Å². The molecule has 1 aromatic heterocycles. The van der Waals surface area contributed by atoms with E-state index in [-0.39, 0.29) is 0 Å². The fourth-order valence-electron chi connectivity index (χ4n) is 2.67. The molecule has 3 nitrogen and oxygen atoms in total. The predicted octanol–water partition coefficient (Wildman–Crippen LogP) is 4.36. The molecule has 0 fully saturated rings. The number of hydrogen-bond acceptors (Lipinski definition) is 3. The van der Waals surface area contributed by atoms with E-state index in [1.807, 2.05) is 12.3 Å². The van der Waals surface area contributed by atoms with Gasteiger partial charge in [-0.3, -0.25) is 0 Å². The average Bonchev–Trinajstić information content (AvgIpc) is 2.51. The molecule has 1 N–H and O–H groups in total. The number of likely N-dealkylation sites (N-methyl/N-ethyl adjacent to an activating group) is 1. The van der Waals surface area contributed by atoms with Gasteiger partial charge < -0.3 is 10.1 Å². The van der Waals surface area contributed by atoms with Crippen molar-refractivity contribution in [1.29, 1.82) is 0 Å². The van der Waals surface area contributed by atoms with Gasteiger partial charge in [-0.25, -0.2) is 4.98 Å². The summed E-state index contributed by atoms with van der Waals surface area (Å²) in [6.07, 6.45) is 12.4. The van der Waals surface area contributed by atoms with Crippen molar-refractivity contribution in [2.24, 2.45) is 0 Å². The fourth-order valence-corrected chi connectivity index (χ4v) is 2.67. The number of rotatable bonds is 12. The summed E-state index contributed by atoms with van der Waals surface area (Å²) in [7, 11) is 1.65. The molecule has 0 aliphatic heterocycles. The van der Waals surface area contributed by atoms with E-state index in [9.17, 15) is 0 Å². The van der Waals surface area contributed by atoms with Crippen LogP contribution in [0.5, 0.6) is 5.88 Å². The molecular weight excluding hydrogens is 260 g/mol. The Morgan fingerprint density at radius 3 is 2.48 bits per heavy atom. The lowest BCUT2D eigenvalue weighted by molar-refractivity contribution is 0.397. The van der Waals surface area contributed by atoms with Crippen LogP contribution in [0.15, 0.2) is 18.3 Å². The third kappa shape index (κ3) is 8.05. The largest absolute Gasteiger partial charge is 0.481 e. The van der Waals surface area contributed by atoms with Crippen molar-refractivity contribution >= 4 is 0 Å². The molecule has 0 aliphatic carbocycles. The zero-order valence-corrected chi connectivity index (χ0v) is 14.0. The Morgan fingerprint density at radius 2 is 1.86 bits per heavy atom. The number of ether oxygens (including phenoxy) is 1. The molecule has 3 heteroatoms. The van der Waals surface area contributed by atoms with Gasteiger partial charge in [0.1, 0.15) is 0 Å². The Hall–Kier alpha value is -1.09. The Bertz CT molecular complexity index is 351. The van der Waals surface area contributed by atoms with Crippen LogP contribution >= 0.6 is 0 Å². The summed E-state index contributed by atoms with van der Waals surface area (Å²) in [4.78, 5) is 4.29. The molecule has 0 amide bonds. The van der Waals surface area contributed by atoms with Gasteiger partial charge in [-0.15, -0.1) is 0 Å². The highest BCUT2D eigenvalue weighted by Crippen LogP contribution is 2.13. The predicted molar refractivity (Wildman–Crippen MR) is 90.0 cm³/mol. The van der Waals surface area contributed by atoms with Gasteiger partial charge in [0, 0.05) is 18.3 Å². The lowest BCUT2D eigenvalue weighted by Crippen LogP contribution is -2.30. The zero-order valence-electron chi connectivity index (χ0n) is 14.0. The van der Waals surface area contributed by atoms with Crippen LogP contribution in [0.4, 0.5) is 0 Å². The molecule has 0 spiro atoms. The Balaban J connectivity index is 2.31. The van der Waals surface area contributed by atoms with E-state index in [1.54, 1.807) is 7.11 Å². The minimum atomic E-state index is 0.566. The second-order valence-corrected chi connectivity index (χ2v) is 5.72. The molecule has 0 saturated heterocycles. The highest BCUT2D eigenvalue weighted by molar-refractivity contribution is 5.18. The minimum absolute atomic E-state index is 0.566. The molecule has 0 bridgehead atoms. The lowest BCUT2D eigenvalue weighted by Gasteiger charge is -2.18. The van der Waals surface area contributed by atoms with E-state index in [2.05, 4.69) is 30.2 Å². The lowest BCUT2D eigenvalue weighted by atomic mass is 10.0. The van der Waals surface area contributed by atoms with Crippen LogP contribution in [0.25, 0.3) is 0 Å². The van der Waals surface area contributed by atoms with Gasteiger partial charge in [0.15, 0.2) is 0 Å². The Morgan fingerprint density at radius 1 is 1.10 bits per heavy atom. The summed E-state index contributed by atoms with van der Waals surface area (Å²) >= 11 is 0. The highest BCUT2D eigenvalue weighted by atomic mass is 16.5. The number of pyridine rings is 1. The van der Waals surface area contributed by atoms with Crippen LogP contribution in [0, 0.1) is 0 Å². The minimum Gasteiger partial charge on any atom is -0.481 e. The van der Waals surface area contributed by atoms with Crippen LogP contribution < -0.4 is 10.1 Å². The summed E-state index contributed by atoms with van der Waals surface area (Å²) in [5.74, 6) is 0.690. The van der Waals surface area contributed by atoms with Crippen LogP contribution in [0.3, 0.4) is 0 Å². The van der Waals surface area contributed by atoms with Gasteiger partial charge in [0.2, 0.25) is 5.88 Å². The summed E-state index contributed by atoms with van der Waals surface area (Å²) < 4.78 is 5.11. The van der Waals surface area contributed by atoms with Gasteiger partial charge in [0.25, 0.3) is 0 Å². The quantitative estimate of drug-likeness (QED) is 0.581. The van der Waals surface area contributed by atoms with Crippen molar-refractivity contribution in [3.63, 3.8) is 0 Å². The van der Waals surface area contributed by atoms with Crippen molar-refractivity contribution in [2.45, 2.75) is 71.3 Å². The second-order valence-electron chi connectivity index (χ2n) is 5.72. The molecule has 0 radical (unpaired) electrons. The second kappa shape index (κ2) is 11.6. The van der Waals surface area contributed by atoms with Crippen molar-refractivity contribution in [1.82, 2.24) is 10.3 Å². The van der Waals surface area contributed by atoms with E-state index in [0.29, 0.717) is 11.9 Å². The molecule has 0 saturated carbocycles. The number of nitrogens with one attached hydrogen (secondary N) is 1. The van der Waals surface area contributed by atoms with Crippen molar-refractivity contribution in [3.8, 4) is 5.88 Å². The molecule has 0 aliphatic rings. The van der Waals surface area contributed by atoms with Crippen LogP contribution in [-0.4, -0.2) is 24.7 Å². The molecule has 1 atom stereocenters. The molecule has 21 heavy (non-hydrogen) atoms. The molecular formula is C18H32N2O. The summed E-state index contributed by atoms with van der Waals surface area (Å²) in [6, 6.07) is 4.64. The van der Waals surface area contributed by atoms with Gasteiger partial charge in [-0.05, 0) is 24.9 Å². The molecule has 1 unspecified atom stereocenters. The molecule has 120 valence electrons. The van der Waals surface area contributed by atoms with Gasteiger partial charge in [0.05, 0.1) is 7.11 Å². The number of hydrogen-bond donors (Lipinski definition) is 1. The average molecular weight is 292 g/mol. The van der Waals surface area contributed by atoms with E-state index < -0.39 is 0 Å². The SMILES string of the molecule is CCCCCCCCC(Cc1ccc(OC)nc1)NCC. The summed E-state index contributed by atoms with van der Waals surface area (Å²) in [5, 5.41) is 3.60. The maximum absolute atomic E-state index is 5.11. The number of nitrogens with zero attached hydrogens (tertiary/aromatic N) is 1. The monoisotopic (exact) mass is 292 g/mol. The zero-order chi connectivity index (χ0) is 15.3. The maximum atomic E-state index is 5.11. The molecule has 0 aromatic carbocycles. The molecule has 1 heterocycles. The topological polar surface area (TPSA) is 34.1 Å². The van der Waals surface area contributed by atoms with Gasteiger partial charge in [-0.1, -0.05) is 58.4 Å². The van der Waals surface area contributed by atoms with Crippen LogP contribution in [0.2, 0.25) is 0 Å². The van der Waals surface area contributed by atoms with E-state index in [4.69, 9.17) is 4.74 Å². The van der Waals surface area contributed by atoms with Crippen LogP contribution in [0.1, 0.15) is 64.4 Å². The van der Waals surface area contributed by atoms with Gasteiger partial charge >= 0.3 is 0 Å². The first kappa shape index (κ1) is 18.0. The first-order valence-corrected chi connectivity index (χ1v) is 8.52. The van der Waals surface area contributed by atoms with Crippen molar-refractivity contribution < 1.29 is 4.74 Å². The first-order valence-electron chi connectivity index (χ1n) is 8.52. The van der Waals surface area contributed by atoms with Gasteiger partial charge in [-0.2, -0.15) is 0 Å². The summed E-state index contributed by atoms with van der Waals surface area (Å²) in [5.41, 5.74) is 1.28. The molecule has 1 aromatic rings. The summed E-state index contributed by atoms with van der Waals surface area (Å²) in [6.45, 7) is 5.48. The van der Waals surface area contributed by atoms with E-state index in [0.717, 1.165) is 13.0 Å². The number of unbranched alkanes of at least 4 members (excludes halogenated alkanes) is 5. The number of methoxy groups -OCH3 is 1. The maximum Gasteiger partial charge on any atom is 0.212 e. The first-order chi connectivity index (χ1) is 10.3. The molecule has 1 rings (SSSR count). The Labute approximate surface area is 130 Å². The smallest absolute Gasteiger partial charge is 0.212 e. The van der Waals surface area contributed by atoms with Crippen molar-refractivity contribution in [3.05, 3.63) is 23.9 Å². The standard InChI is InChI=1S/C18H32N2O/c1-4-6-7-8-9-10-11-17(19-5-2)14-16-12-13-18(21-3)20-15-16/h12-13,15,17,19H,4-11,14H2,1-3H3. The van der Waals surface area contributed by atoms with Crippen molar-refractivity contribution in [2.75, 3.05) is 13.7 Å². The third-order valence-electron chi connectivity index (χ3n) is 3.89. The van der Waals surface area contributed by atoms with E-state index in [1.165, 1.54) is 50.5 Å². The van der Waals surface area contributed by atoms with E-state index >= 15 is 0 Å². The highest BCUT2D eigenvalue weighted by Gasteiger charge is 2.08.